The fourth-order valence-electron chi connectivity index (χ4n) is 5.67. The average molecular weight is 531 g/mol. The molecule has 2 heterocycles. The SMILES string of the molecule is CCOc1cc2c(cc1OCC)[C@@H]1[C@@H](C(=O)NCc3cc(OC)ccc3OC)c3ccccc3C(=O)N1CC2. The Morgan fingerprint density at radius 1 is 0.923 bits per heavy atom. The van der Waals surface area contributed by atoms with Gasteiger partial charge in [-0.1, -0.05) is 18.2 Å². The molecular formula is C31H34N2O6. The van der Waals surface area contributed by atoms with Crippen LogP contribution in [0.5, 0.6) is 23.0 Å². The molecule has 0 radical (unpaired) electrons. The topological polar surface area (TPSA) is 86.3 Å². The molecular weight excluding hydrogens is 496 g/mol. The molecule has 204 valence electrons. The van der Waals surface area contributed by atoms with Gasteiger partial charge in [-0.3, -0.25) is 9.59 Å². The number of ether oxygens (including phenoxy) is 4. The van der Waals surface area contributed by atoms with Crippen LogP contribution in [0.4, 0.5) is 0 Å². The van der Waals surface area contributed by atoms with Crippen LogP contribution in [0.3, 0.4) is 0 Å². The summed E-state index contributed by atoms with van der Waals surface area (Å²) in [5.74, 6) is 1.79. The molecule has 0 aliphatic carbocycles. The molecule has 0 saturated heterocycles. The first-order valence-corrected chi connectivity index (χ1v) is 13.3. The maximum atomic E-state index is 14.1. The maximum Gasteiger partial charge on any atom is 0.254 e. The number of hydrogen-bond acceptors (Lipinski definition) is 6. The average Bonchev–Trinajstić information content (AvgIpc) is 2.96. The Morgan fingerprint density at radius 3 is 2.38 bits per heavy atom. The first kappa shape index (κ1) is 26.4. The van der Waals surface area contributed by atoms with Crippen LogP contribution in [0.25, 0.3) is 0 Å². The Kier molecular flexibility index (Phi) is 7.63. The highest BCUT2D eigenvalue weighted by atomic mass is 16.5. The summed E-state index contributed by atoms with van der Waals surface area (Å²) in [6.07, 6.45) is 0.668. The summed E-state index contributed by atoms with van der Waals surface area (Å²) >= 11 is 0. The smallest absolute Gasteiger partial charge is 0.254 e. The van der Waals surface area contributed by atoms with Crippen molar-refractivity contribution in [1.29, 1.82) is 0 Å². The Bertz CT molecular complexity index is 1390. The number of nitrogens with one attached hydrogen (secondary N) is 1. The van der Waals surface area contributed by atoms with Crippen LogP contribution in [0.2, 0.25) is 0 Å². The second-order valence-electron chi connectivity index (χ2n) is 9.52. The fourth-order valence-corrected chi connectivity index (χ4v) is 5.67. The van der Waals surface area contributed by atoms with Crippen LogP contribution in [0.1, 0.15) is 58.4 Å². The Balaban J connectivity index is 1.56. The molecule has 3 aromatic carbocycles. The molecule has 0 bridgehead atoms. The summed E-state index contributed by atoms with van der Waals surface area (Å²) in [6.45, 7) is 5.60. The van der Waals surface area contributed by atoms with Crippen molar-refractivity contribution in [1.82, 2.24) is 10.2 Å². The second kappa shape index (κ2) is 11.3. The molecule has 0 aromatic heterocycles. The highest BCUT2D eigenvalue weighted by Crippen LogP contribution is 2.48. The molecule has 8 heteroatoms. The van der Waals surface area contributed by atoms with Crippen molar-refractivity contribution in [2.75, 3.05) is 34.0 Å². The van der Waals surface area contributed by atoms with Gasteiger partial charge in [-0.05, 0) is 73.4 Å². The van der Waals surface area contributed by atoms with Crippen molar-refractivity contribution in [3.8, 4) is 23.0 Å². The van der Waals surface area contributed by atoms with E-state index in [0.29, 0.717) is 54.7 Å². The zero-order valence-corrected chi connectivity index (χ0v) is 22.8. The molecule has 2 aliphatic heterocycles. The van der Waals surface area contributed by atoms with E-state index in [2.05, 4.69) is 5.32 Å². The molecule has 8 nitrogen and oxygen atoms in total. The van der Waals surface area contributed by atoms with Gasteiger partial charge in [0.25, 0.3) is 5.91 Å². The molecule has 2 amide bonds. The van der Waals surface area contributed by atoms with E-state index in [1.807, 2.05) is 67.3 Å². The molecule has 2 atom stereocenters. The van der Waals surface area contributed by atoms with Crippen molar-refractivity contribution in [2.45, 2.75) is 38.8 Å². The minimum absolute atomic E-state index is 0.0633. The number of methoxy groups -OCH3 is 2. The zero-order chi connectivity index (χ0) is 27.5. The number of fused-ring (bicyclic) bond motifs is 4. The van der Waals surface area contributed by atoms with Crippen molar-refractivity contribution in [2.24, 2.45) is 0 Å². The van der Waals surface area contributed by atoms with Crippen LogP contribution >= 0.6 is 0 Å². The lowest BCUT2D eigenvalue weighted by molar-refractivity contribution is -0.124. The third-order valence-electron chi connectivity index (χ3n) is 7.41. The van der Waals surface area contributed by atoms with E-state index in [0.717, 1.165) is 22.3 Å². The summed E-state index contributed by atoms with van der Waals surface area (Å²) in [7, 11) is 3.20. The minimum atomic E-state index is -0.609. The number of nitrogens with zero attached hydrogens (tertiary/aromatic N) is 1. The summed E-state index contributed by atoms with van der Waals surface area (Å²) in [6, 6.07) is 16.4. The molecule has 0 fully saturated rings. The van der Waals surface area contributed by atoms with E-state index in [1.165, 1.54) is 0 Å². The second-order valence-corrected chi connectivity index (χ2v) is 9.52. The molecule has 3 aromatic rings. The van der Waals surface area contributed by atoms with Gasteiger partial charge in [0, 0.05) is 24.2 Å². The van der Waals surface area contributed by atoms with E-state index in [9.17, 15) is 9.59 Å². The lowest BCUT2D eigenvalue weighted by Crippen LogP contribution is -2.50. The summed E-state index contributed by atoms with van der Waals surface area (Å²) in [5.41, 5.74) is 4.05. The van der Waals surface area contributed by atoms with E-state index in [-0.39, 0.29) is 18.4 Å². The van der Waals surface area contributed by atoms with Crippen LogP contribution in [0.15, 0.2) is 54.6 Å². The van der Waals surface area contributed by atoms with Gasteiger partial charge in [-0.2, -0.15) is 0 Å². The van der Waals surface area contributed by atoms with Crippen molar-refractivity contribution < 1.29 is 28.5 Å². The lowest BCUT2D eigenvalue weighted by atomic mass is 9.75. The highest BCUT2D eigenvalue weighted by Gasteiger charge is 2.46. The fraction of sp³-hybridized carbons (Fsp3) is 0.355. The van der Waals surface area contributed by atoms with Gasteiger partial charge in [0.2, 0.25) is 5.91 Å². The standard InChI is InChI=1S/C31H34N2O6/c1-5-38-26-16-19-13-14-33-29(24(19)17-27(26)39-6-2)28(22-9-7-8-10-23(22)31(33)35)30(34)32-18-20-15-21(36-3)11-12-25(20)37-4/h7-12,15-17,28-29H,5-6,13-14,18H2,1-4H3,(H,32,34)/t28-,29+/m0/s1. The van der Waals surface area contributed by atoms with Gasteiger partial charge in [0.15, 0.2) is 11.5 Å². The van der Waals surface area contributed by atoms with Gasteiger partial charge >= 0.3 is 0 Å². The van der Waals surface area contributed by atoms with Gasteiger partial charge in [-0.15, -0.1) is 0 Å². The molecule has 0 spiro atoms. The predicted molar refractivity (Wildman–Crippen MR) is 147 cm³/mol. The van der Waals surface area contributed by atoms with Crippen molar-refractivity contribution in [3.63, 3.8) is 0 Å². The number of hydrogen-bond donors (Lipinski definition) is 1. The Morgan fingerprint density at radius 2 is 1.67 bits per heavy atom. The van der Waals surface area contributed by atoms with Crippen LogP contribution in [0, 0.1) is 0 Å². The predicted octanol–water partition coefficient (Wildman–Crippen LogP) is 4.65. The molecule has 1 N–H and O–H groups in total. The Hall–Kier alpha value is -4.20. The zero-order valence-electron chi connectivity index (χ0n) is 22.8. The summed E-state index contributed by atoms with van der Waals surface area (Å²) in [4.78, 5) is 29.5. The largest absolute Gasteiger partial charge is 0.497 e. The quantitative estimate of drug-likeness (QED) is 0.433. The number of amides is 2. The monoisotopic (exact) mass is 530 g/mol. The summed E-state index contributed by atoms with van der Waals surface area (Å²) in [5, 5.41) is 3.12. The number of benzene rings is 3. The van der Waals surface area contributed by atoms with Gasteiger partial charge in [0.1, 0.15) is 11.5 Å². The molecule has 0 saturated carbocycles. The highest BCUT2D eigenvalue weighted by molar-refractivity contribution is 6.01. The third-order valence-corrected chi connectivity index (χ3v) is 7.41. The van der Waals surface area contributed by atoms with Crippen molar-refractivity contribution in [3.05, 3.63) is 82.4 Å². The molecule has 2 aliphatic rings. The minimum Gasteiger partial charge on any atom is -0.497 e. The van der Waals surface area contributed by atoms with E-state index < -0.39 is 12.0 Å². The molecule has 0 unspecified atom stereocenters. The van der Waals surface area contributed by atoms with Gasteiger partial charge in [0.05, 0.1) is 39.4 Å². The van der Waals surface area contributed by atoms with E-state index >= 15 is 0 Å². The molecule has 39 heavy (non-hydrogen) atoms. The van der Waals surface area contributed by atoms with Crippen LogP contribution < -0.4 is 24.3 Å². The number of carbonyl (C=O) groups excluding carboxylic acids is 2. The third kappa shape index (κ3) is 4.87. The normalized spacial score (nSPS) is 17.4. The first-order chi connectivity index (χ1) is 19.0. The van der Waals surface area contributed by atoms with Gasteiger partial charge < -0.3 is 29.2 Å². The van der Waals surface area contributed by atoms with E-state index in [1.54, 1.807) is 20.3 Å². The lowest BCUT2D eigenvalue weighted by Gasteiger charge is -2.45. The van der Waals surface area contributed by atoms with E-state index in [4.69, 9.17) is 18.9 Å². The summed E-state index contributed by atoms with van der Waals surface area (Å²) < 4.78 is 22.7. The van der Waals surface area contributed by atoms with Crippen molar-refractivity contribution >= 4 is 11.8 Å². The number of carbonyl (C=O) groups is 2. The molecule has 5 rings (SSSR count). The Labute approximate surface area is 228 Å². The van der Waals surface area contributed by atoms with Crippen LogP contribution in [-0.2, 0) is 17.8 Å². The van der Waals surface area contributed by atoms with Crippen LogP contribution in [-0.4, -0.2) is 50.7 Å². The van der Waals surface area contributed by atoms with Gasteiger partial charge in [-0.25, -0.2) is 0 Å². The number of rotatable bonds is 9. The maximum absolute atomic E-state index is 14.1. The first-order valence-electron chi connectivity index (χ1n) is 13.3.